The van der Waals surface area contributed by atoms with E-state index in [4.69, 9.17) is 9.68 Å². The van der Waals surface area contributed by atoms with Crippen molar-refractivity contribution in [1.29, 1.82) is 5.26 Å². The average Bonchev–Trinajstić information content (AvgIpc) is 2.88. The summed E-state index contributed by atoms with van der Waals surface area (Å²) < 4.78 is 6.80. The molecule has 3 rings (SSSR count). The van der Waals surface area contributed by atoms with E-state index in [0.717, 1.165) is 17.1 Å². The van der Waals surface area contributed by atoms with Gasteiger partial charge >= 0.3 is 5.76 Å². The molecule has 0 bridgehead atoms. The van der Waals surface area contributed by atoms with Gasteiger partial charge < -0.3 is 8.98 Å². The lowest BCUT2D eigenvalue weighted by Gasteiger charge is -2.04. The number of benzene rings is 1. The molecule has 19 heavy (non-hydrogen) atoms. The van der Waals surface area contributed by atoms with Crippen LogP contribution >= 0.6 is 0 Å². The van der Waals surface area contributed by atoms with E-state index in [1.54, 1.807) is 18.2 Å². The zero-order valence-corrected chi connectivity index (χ0v) is 10.4. The van der Waals surface area contributed by atoms with Gasteiger partial charge in [0.2, 0.25) is 0 Å². The number of hydrogen-bond acceptors (Lipinski definition) is 4. The van der Waals surface area contributed by atoms with E-state index in [1.165, 1.54) is 0 Å². The van der Waals surface area contributed by atoms with Crippen molar-refractivity contribution < 1.29 is 4.42 Å². The number of hydrogen-bond donors (Lipinski definition) is 1. The molecule has 6 heteroatoms. The molecule has 2 heterocycles. The van der Waals surface area contributed by atoms with Gasteiger partial charge in [-0.1, -0.05) is 0 Å². The van der Waals surface area contributed by atoms with Gasteiger partial charge in [0.25, 0.3) is 0 Å². The molecule has 0 saturated carbocycles. The first-order chi connectivity index (χ1) is 9.10. The third kappa shape index (κ3) is 1.64. The second-order valence-corrected chi connectivity index (χ2v) is 4.25. The summed E-state index contributed by atoms with van der Waals surface area (Å²) >= 11 is 0. The van der Waals surface area contributed by atoms with Crippen LogP contribution in [0.15, 0.2) is 27.4 Å². The molecule has 1 aromatic carbocycles. The van der Waals surface area contributed by atoms with E-state index in [0.29, 0.717) is 16.8 Å². The van der Waals surface area contributed by atoms with E-state index >= 15 is 0 Å². The first kappa shape index (κ1) is 11.3. The lowest BCUT2D eigenvalue weighted by Crippen LogP contribution is -1.95. The van der Waals surface area contributed by atoms with Crippen LogP contribution in [0.3, 0.4) is 0 Å². The molecule has 2 aromatic heterocycles. The predicted molar refractivity (Wildman–Crippen MR) is 68.5 cm³/mol. The van der Waals surface area contributed by atoms with Crippen LogP contribution in [0.2, 0.25) is 0 Å². The Morgan fingerprint density at radius 2 is 2.26 bits per heavy atom. The van der Waals surface area contributed by atoms with Gasteiger partial charge in [0.15, 0.2) is 11.3 Å². The SMILES string of the molecule is Cc1nc(C#N)c(-c2ccc3oc(=O)[nH]c3c2)n1C. The third-order valence-corrected chi connectivity index (χ3v) is 3.12. The van der Waals surface area contributed by atoms with Crippen LogP contribution in [0, 0.1) is 18.3 Å². The molecule has 0 atom stereocenters. The number of aromatic nitrogens is 3. The number of rotatable bonds is 1. The molecular formula is C13H10N4O2. The summed E-state index contributed by atoms with van der Waals surface area (Å²) in [6, 6.07) is 7.36. The highest BCUT2D eigenvalue weighted by molar-refractivity contribution is 5.80. The van der Waals surface area contributed by atoms with Gasteiger partial charge in [-0.25, -0.2) is 9.78 Å². The minimum Gasteiger partial charge on any atom is -0.408 e. The highest BCUT2D eigenvalue weighted by atomic mass is 16.4. The fourth-order valence-electron chi connectivity index (χ4n) is 2.12. The van der Waals surface area contributed by atoms with E-state index in [-0.39, 0.29) is 0 Å². The van der Waals surface area contributed by atoms with Gasteiger partial charge in [-0.05, 0) is 25.1 Å². The summed E-state index contributed by atoms with van der Waals surface area (Å²) in [5.74, 6) is 0.265. The van der Waals surface area contributed by atoms with Gasteiger partial charge in [0.1, 0.15) is 11.9 Å². The molecule has 1 N–H and O–H groups in total. The number of aromatic amines is 1. The number of nitrogens with zero attached hydrogens (tertiary/aromatic N) is 3. The molecule has 94 valence electrons. The van der Waals surface area contributed by atoms with Crippen molar-refractivity contribution in [2.75, 3.05) is 0 Å². The van der Waals surface area contributed by atoms with E-state index in [9.17, 15) is 4.79 Å². The average molecular weight is 254 g/mol. The Hall–Kier alpha value is -2.81. The van der Waals surface area contributed by atoms with Gasteiger partial charge in [-0.3, -0.25) is 4.98 Å². The highest BCUT2D eigenvalue weighted by Gasteiger charge is 2.15. The Bertz CT molecular complexity index is 876. The number of fused-ring (bicyclic) bond motifs is 1. The maximum atomic E-state index is 11.1. The number of aryl methyl sites for hydroxylation is 1. The summed E-state index contributed by atoms with van der Waals surface area (Å²) in [6.45, 7) is 1.84. The van der Waals surface area contributed by atoms with Crippen molar-refractivity contribution in [3.05, 3.63) is 40.3 Å². The maximum absolute atomic E-state index is 11.1. The standard InChI is InChI=1S/C13H10N4O2/c1-7-15-10(6-14)12(17(7)2)8-3-4-11-9(5-8)16-13(18)19-11/h3-5H,1-2H3,(H,16,18). The third-order valence-electron chi connectivity index (χ3n) is 3.12. The second kappa shape index (κ2) is 3.85. The first-order valence-corrected chi connectivity index (χ1v) is 5.67. The molecule has 0 spiro atoms. The molecule has 6 nitrogen and oxygen atoms in total. The van der Waals surface area contributed by atoms with Gasteiger partial charge in [0, 0.05) is 12.6 Å². The fourth-order valence-corrected chi connectivity index (χ4v) is 2.12. The molecular weight excluding hydrogens is 244 g/mol. The molecule has 0 aliphatic rings. The predicted octanol–water partition coefficient (Wildman–Crippen LogP) is 1.70. The summed E-state index contributed by atoms with van der Waals surface area (Å²) in [5.41, 5.74) is 3.00. The minimum atomic E-state index is -0.492. The lowest BCUT2D eigenvalue weighted by molar-refractivity contribution is 0.555. The fraction of sp³-hybridized carbons (Fsp3) is 0.154. The molecule has 0 aliphatic heterocycles. The van der Waals surface area contributed by atoms with Crippen molar-refractivity contribution in [1.82, 2.24) is 14.5 Å². The smallest absolute Gasteiger partial charge is 0.408 e. The number of imidazole rings is 1. The topological polar surface area (TPSA) is 87.6 Å². The highest BCUT2D eigenvalue weighted by Crippen LogP contribution is 2.26. The van der Waals surface area contributed by atoms with Gasteiger partial charge in [-0.2, -0.15) is 5.26 Å². The van der Waals surface area contributed by atoms with Crippen LogP contribution < -0.4 is 5.76 Å². The summed E-state index contributed by atoms with van der Waals surface area (Å²) in [6.07, 6.45) is 0. The van der Waals surface area contributed by atoms with Crippen LogP contribution in [0.1, 0.15) is 11.5 Å². The Labute approximate surface area is 107 Å². The van der Waals surface area contributed by atoms with Gasteiger partial charge in [-0.15, -0.1) is 0 Å². The molecule has 0 unspecified atom stereocenters. The Morgan fingerprint density at radius 1 is 1.47 bits per heavy atom. The van der Waals surface area contributed by atoms with Crippen molar-refractivity contribution in [3.63, 3.8) is 0 Å². The Kier molecular flexibility index (Phi) is 2.29. The monoisotopic (exact) mass is 254 g/mol. The number of H-pyrrole nitrogens is 1. The largest absolute Gasteiger partial charge is 0.417 e. The van der Waals surface area contributed by atoms with E-state index in [1.807, 2.05) is 18.5 Å². The number of nitriles is 1. The molecule has 0 saturated heterocycles. The van der Waals surface area contributed by atoms with Crippen molar-refractivity contribution >= 4 is 11.1 Å². The molecule has 0 fully saturated rings. The van der Waals surface area contributed by atoms with Crippen molar-refractivity contribution in [2.24, 2.45) is 7.05 Å². The van der Waals surface area contributed by atoms with Crippen LogP contribution in [0.4, 0.5) is 0 Å². The van der Waals surface area contributed by atoms with E-state index in [2.05, 4.69) is 16.0 Å². The quantitative estimate of drug-likeness (QED) is 0.715. The molecule has 3 aromatic rings. The van der Waals surface area contributed by atoms with Crippen LogP contribution in [-0.4, -0.2) is 14.5 Å². The molecule has 0 amide bonds. The first-order valence-electron chi connectivity index (χ1n) is 5.67. The second-order valence-electron chi connectivity index (χ2n) is 4.25. The Balaban J connectivity index is 2.30. The van der Waals surface area contributed by atoms with Crippen molar-refractivity contribution in [3.8, 4) is 17.3 Å². The molecule has 0 aliphatic carbocycles. The normalized spacial score (nSPS) is 10.8. The van der Waals surface area contributed by atoms with Crippen LogP contribution in [0.25, 0.3) is 22.4 Å². The summed E-state index contributed by atoms with van der Waals surface area (Å²) in [7, 11) is 1.85. The number of oxazole rings is 1. The van der Waals surface area contributed by atoms with Crippen LogP contribution in [0.5, 0.6) is 0 Å². The lowest BCUT2D eigenvalue weighted by atomic mass is 10.1. The minimum absolute atomic E-state index is 0.366. The maximum Gasteiger partial charge on any atom is 0.417 e. The Morgan fingerprint density at radius 3 is 3.00 bits per heavy atom. The molecule has 0 radical (unpaired) electrons. The van der Waals surface area contributed by atoms with Crippen molar-refractivity contribution in [2.45, 2.75) is 6.92 Å². The summed E-state index contributed by atoms with van der Waals surface area (Å²) in [4.78, 5) is 17.9. The zero-order chi connectivity index (χ0) is 13.6. The number of nitrogens with one attached hydrogen (secondary N) is 1. The van der Waals surface area contributed by atoms with E-state index < -0.39 is 5.76 Å². The van der Waals surface area contributed by atoms with Crippen LogP contribution in [-0.2, 0) is 7.05 Å². The van der Waals surface area contributed by atoms with Gasteiger partial charge in [0.05, 0.1) is 11.2 Å². The zero-order valence-electron chi connectivity index (χ0n) is 10.4. The summed E-state index contributed by atoms with van der Waals surface area (Å²) in [5, 5.41) is 9.13.